The zero-order chi connectivity index (χ0) is 35.4. The summed E-state index contributed by atoms with van der Waals surface area (Å²) >= 11 is 14.0. The quantitative estimate of drug-likeness (QED) is 0.137. The summed E-state index contributed by atoms with van der Waals surface area (Å²) in [6.45, 7) is 2.08. The molecule has 5 aromatic rings. The molecule has 0 spiro atoms. The smallest absolute Gasteiger partial charge is 0.338 e. The highest BCUT2D eigenvalue weighted by Crippen LogP contribution is 2.39. The number of benzene rings is 4. The highest BCUT2D eigenvalue weighted by atomic mass is 35.5. The molecular formula is C38H32Cl2N2O7S. The van der Waals surface area contributed by atoms with Gasteiger partial charge in [-0.05, 0) is 66.1 Å². The molecule has 4 aromatic carbocycles. The first-order valence-corrected chi connectivity index (χ1v) is 17.1. The third kappa shape index (κ3) is 7.00. The van der Waals surface area contributed by atoms with Crippen LogP contribution in [-0.4, -0.2) is 38.5 Å². The number of hydrogen-bond acceptors (Lipinski definition) is 9. The van der Waals surface area contributed by atoms with Crippen molar-refractivity contribution in [2.75, 3.05) is 27.9 Å². The van der Waals surface area contributed by atoms with Crippen molar-refractivity contribution >= 4 is 52.3 Å². The van der Waals surface area contributed by atoms with Gasteiger partial charge in [0.05, 0.1) is 54.8 Å². The van der Waals surface area contributed by atoms with Crippen molar-refractivity contribution in [2.24, 2.45) is 4.99 Å². The third-order valence-electron chi connectivity index (χ3n) is 7.92. The number of rotatable bonds is 11. The van der Waals surface area contributed by atoms with Gasteiger partial charge in [-0.3, -0.25) is 9.36 Å². The van der Waals surface area contributed by atoms with Crippen molar-refractivity contribution in [1.29, 1.82) is 0 Å². The maximum Gasteiger partial charge on any atom is 0.338 e. The van der Waals surface area contributed by atoms with Gasteiger partial charge in [-0.2, -0.15) is 0 Å². The lowest BCUT2D eigenvalue weighted by atomic mass is 9.93. The maximum atomic E-state index is 14.4. The van der Waals surface area contributed by atoms with E-state index in [1.165, 1.54) is 37.2 Å². The molecule has 1 aliphatic heterocycles. The summed E-state index contributed by atoms with van der Waals surface area (Å²) in [6.07, 6.45) is 1.71. The van der Waals surface area contributed by atoms with Gasteiger partial charge in [-0.15, -0.1) is 0 Å². The topological polar surface area (TPSA) is 97.6 Å². The van der Waals surface area contributed by atoms with Gasteiger partial charge < -0.3 is 23.7 Å². The highest BCUT2D eigenvalue weighted by molar-refractivity contribution is 7.07. The van der Waals surface area contributed by atoms with Gasteiger partial charge in [0, 0.05) is 10.6 Å². The van der Waals surface area contributed by atoms with Crippen LogP contribution in [0.1, 0.15) is 35.2 Å². The monoisotopic (exact) mass is 730 g/mol. The highest BCUT2D eigenvalue weighted by Gasteiger charge is 2.35. The Balaban J connectivity index is 1.52. The lowest BCUT2D eigenvalue weighted by Crippen LogP contribution is -2.40. The van der Waals surface area contributed by atoms with Crippen LogP contribution in [0.25, 0.3) is 11.8 Å². The third-order valence-corrected chi connectivity index (χ3v) is 9.42. The number of fused-ring (bicyclic) bond motifs is 1. The van der Waals surface area contributed by atoms with Gasteiger partial charge in [0.1, 0.15) is 6.61 Å². The summed E-state index contributed by atoms with van der Waals surface area (Å²) in [5.41, 5.74) is 3.03. The van der Waals surface area contributed by atoms with Crippen LogP contribution in [0.15, 0.2) is 100 Å². The van der Waals surface area contributed by atoms with Crippen molar-refractivity contribution in [3.63, 3.8) is 0 Å². The van der Waals surface area contributed by atoms with Crippen LogP contribution < -0.4 is 33.8 Å². The molecule has 1 aliphatic rings. The van der Waals surface area contributed by atoms with Crippen LogP contribution in [0.2, 0.25) is 10.0 Å². The summed E-state index contributed by atoms with van der Waals surface area (Å²) < 4.78 is 30.2. The number of methoxy groups -OCH3 is 3. The fraction of sp³-hybridized carbons (Fsp3) is 0.184. The van der Waals surface area contributed by atoms with Crippen molar-refractivity contribution in [1.82, 2.24) is 4.57 Å². The summed E-state index contributed by atoms with van der Waals surface area (Å²) in [7, 11) is 4.58. The van der Waals surface area contributed by atoms with Gasteiger partial charge in [-0.25, -0.2) is 9.79 Å². The molecule has 12 heteroatoms. The minimum atomic E-state index is -0.900. The molecule has 0 saturated heterocycles. The van der Waals surface area contributed by atoms with Gasteiger partial charge in [-0.1, -0.05) is 83.1 Å². The fourth-order valence-corrected chi connectivity index (χ4v) is 7.16. The van der Waals surface area contributed by atoms with Crippen LogP contribution >= 0.6 is 34.5 Å². The Kier molecular flexibility index (Phi) is 10.6. The van der Waals surface area contributed by atoms with Crippen molar-refractivity contribution in [3.05, 3.63) is 142 Å². The average Bonchev–Trinajstić information content (AvgIpc) is 3.44. The molecule has 9 nitrogen and oxygen atoms in total. The van der Waals surface area contributed by atoms with Crippen LogP contribution in [0, 0.1) is 0 Å². The minimum absolute atomic E-state index is 0.134. The molecular weight excluding hydrogens is 699 g/mol. The molecule has 2 heterocycles. The Labute approximate surface area is 302 Å². The molecule has 0 amide bonds. The normalized spacial score (nSPS) is 14.1. The predicted octanol–water partition coefficient (Wildman–Crippen LogP) is 6.85. The largest absolute Gasteiger partial charge is 0.493 e. The van der Waals surface area contributed by atoms with Crippen LogP contribution in [-0.2, 0) is 16.1 Å². The Hall–Kier alpha value is -5.03. The minimum Gasteiger partial charge on any atom is -0.493 e. The molecule has 0 radical (unpaired) electrons. The number of nitrogens with zero attached hydrogens (tertiary/aromatic N) is 2. The Morgan fingerprint density at radius 2 is 1.66 bits per heavy atom. The number of aromatic nitrogens is 1. The van der Waals surface area contributed by atoms with Gasteiger partial charge in [0.15, 0.2) is 27.8 Å². The second-order valence-electron chi connectivity index (χ2n) is 11.0. The van der Waals surface area contributed by atoms with E-state index in [9.17, 15) is 9.59 Å². The molecule has 0 fully saturated rings. The number of carbonyl (C=O) groups excluding carboxylic acids is 1. The lowest BCUT2D eigenvalue weighted by molar-refractivity contribution is -0.138. The number of carbonyl (C=O) groups is 1. The molecule has 0 unspecified atom stereocenters. The first-order chi connectivity index (χ1) is 24.3. The van der Waals surface area contributed by atoms with Crippen molar-refractivity contribution in [3.8, 4) is 23.0 Å². The van der Waals surface area contributed by atoms with Gasteiger partial charge in [0.2, 0.25) is 0 Å². The number of ether oxygens (including phenoxy) is 5. The molecule has 1 aromatic heterocycles. The summed E-state index contributed by atoms with van der Waals surface area (Å²) in [6, 6.07) is 24.5. The van der Waals surface area contributed by atoms with Gasteiger partial charge >= 0.3 is 5.97 Å². The van der Waals surface area contributed by atoms with Gasteiger partial charge in [0.25, 0.3) is 5.56 Å². The molecule has 0 bridgehead atoms. The van der Waals surface area contributed by atoms with E-state index in [-0.39, 0.29) is 24.3 Å². The van der Waals surface area contributed by atoms with Crippen molar-refractivity contribution < 1.29 is 28.5 Å². The van der Waals surface area contributed by atoms with E-state index in [4.69, 9.17) is 51.9 Å². The molecule has 0 saturated carbocycles. The van der Waals surface area contributed by atoms with Crippen LogP contribution in [0.3, 0.4) is 0 Å². The zero-order valence-electron chi connectivity index (χ0n) is 27.6. The van der Waals surface area contributed by atoms with Crippen LogP contribution in [0.5, 0.6) is 23.0 Å². The van der Waals surface area contributed by atoms with E-state index in [1.807, 2.05) is 48.5 Å². The molecule has 50 heavy (non-hydrogen) atoms. The zero-order valence-corrected chi connectivity index (χ0v) is 29.9. The van der Waals surface area contributed by atoms with Crippen molar-refractivity contribution in [2.45, 2.75) is 19.6 Å². The maximum absolute atomic E-state index is 14.4. The second-order valence-corrected chi connectivity index (χ2v) is 12.9. The molecule has 256 valence electrons. The molecule has 0 aliphatic carbocycles. The van der Waals surface area contributed by atoms with E-state index < -0.39 is 12.0 Å². The summed E-state index contributed by atoms with van der Waals surface area (Å²) in [5, 5.41) is 0.893. The molecule has 6 rings (SSSR count). The van der Waals surface area contributed by atoms with E-state index in [1.54, 1.807) is 49.4 Å². The number of hydrogen-bond donors (Lipinski definition) is 0. The molecule has 0 N–H and O–H groups in total. The SMILES string of the molecule is CCOC(=O)C1=C(c2ccccc2)N=c2s/c(=C\c3cc(Cl)c(OCc4cccc(Cl)c4)c(OC)c3)c(=O)n2[C@H]1c1ccc(OC)c(OC)c1. The van der Waals surface area contributed by atoms with E-state index in [0.717, 1.165) is 5.56 Å². The van der Waals surface area contributed by atoms with E-state index >= 15 is 0 Å². The Bertz CT molecular complexity index is 2280. The Morgan fingerprint density at radius 1 is 0.900 bits per heavy atom. The standard InChI is InChI=1S/C38H32Cl2N2O7S/c1-5-48-37(44)32-33(24-11-7-6-8-12-24)41-38-42(34(32)25-14-15-28(45-2)29(20-25)46-3)36(43)31(50-38)19-23-17-27(40)35(30(18-23)47-4)49-21-22-10-9-13-26(39)16-22/h6-20,34H,5,21H2,1-4H3/b31-19-/t34-/m0/s1. The predicted molar refractivity (Wildman–Crippen MR) is 194 cm³/mol. The summed E-state index contributed by atoms with van der Waals surface area (Å²) in [4.78, 5) is 33.5. The Morgan fingerprint density at radius 3 is 2.36 bits per heavy atom. The average molecular weight is 732 g/mol. The molecule has 1 atom stereocenters. The number of halogens is 2. The lowest BCUT2D eigenvalue weighted by Gasteiger charge is -2.26. The fourth-order valence-electron chi connectivity index (χ4n) is 5.68. The number of thiazole rings is 1. The van der Waals surface area contributed by atoms with E-state index in [2.05, 4.69) is 0 Å². The van der Waals surface area contributed by atoms with Crippen LogP contribution in [0.4, 0.5) is 0 Å². The first kappa shape index (κ1) is 34.8. The van der Waals surface area contributed by atoms with E-state index in [0.29, 0.717) is 64.8 Å². The number of esters is 1. The first-order valence-electron chi connectivity index (χ1n) is 15.5. The summed E-state index contributed by atoms with van der Waals surface area (Å²) in [5.74, 6) is 1.09. The second kappa shape index (κ2) is 15.2.